The highest BCUT2D eigenvalue weighted by molar-refractivity contribution is 8.00. The number of nitrogens with one attached hydrogen (secondary N) is 1. The van der Waals surface area contributed by atoms with Crippen molar-refractivity contribution in [3.63, 3.8) is 0 Å². The van der Waals surface area contributed by atoms with E-state index in [2.05, 4.69) is 4.98 Å². The normalized spacial score (nSPS) is 20.0. The van der Waals surface area contributed by atoms with Crippen LogP contribution in [0.2, 0.25) is 0 Å². The number of H-pyrrole nitrogens is 1. The molecule has 0 radical (unpaired) electrons. The molecule has 1 aromatic heterocycles. The van der Waals surface area contributed by atoms with Gasteiger partial charge in [0.2, 0.25) is 11.8 Å². The third-order valence-electron chi connectivity index (χ3n) is 6.55. The topological polar surface area (TPSA) is 115 Å². The molecule has 2 aliphatic heterocycles. The van der Waals surface area contributed by atoms with Crippen LogP contribution in [-0.2, 0) is 25.3 Å². The van der Waals surface area contributed by atoms with Crippen molar-refractivity contribution < 1.29 is 41.8 Å². The van der Waals surface area contributed by atoms with Gasteiger partial charge in [-0.15, -0.1) is 0 Å². The fourth-order valence-corrected chi connectivity index (χ4v) is 7.48. The number of aromatic amines is 1. The first kappa shape index (κ1) is 28.7. The van der Waals surface area contributed by atoms with Crippen LogP contribution in [-0.4, -0.2) is 47.8 Å². The summed E-state index contributed by atoms with van der Waals surface area (Å²) in [4.78, 5) is 55.0. The van der Waals surface area contributed by atoms with Crippen molar-refractivity contribution in [3.8, 4) is 11.5 Å². The summed E-state index contributed by atoms with van der Waals surface area (Å²) in [5.74, 6) is -3.68. The van der Waals surface area contributed by atoms with Crippen LogP contribution in [0.3, 0.4) is 0 Å². The molecule has 216 valence electrons. The number of amides is 2. The number of aromatic nitrogens is 1. The highest BCUT2D eigenvalue weighted by Gasteiger charge is 2.57. The fraction of sp³-hybridized carbons (Fsp3) is 0.333. The van der Waals surface area contributed by atoms with Crippen molar-refractivity contribution in [2.75, 3.05) is 24.7 Å². The highest BCUT2D eigenvalue weighted by atomic mass is 32.2. The molecule has 2 aromatic carbocycles. The zero-order valence-corrected chi connectivity index (χ0v) is 23.3. The number of para-hydroxylation sites is 1. The quantitative estimate of drug-likeness (QED) is 0.292. The van der Waals surface area contributed by atoms with E-state index in [0.717, 1.165) is 35.2 Å². The van der Waals surface area contributed by atoms with Gasteiger partial charge in [-0.2, -0.15) is 13.2 Å². The van der Waals surface area contributed by atoms with E-state index < -0.39 is 57.2 Å². The molecule has 2 amide bonds. The number of thiazole rings is 1. The van der Waals surface area contributed by atoms with Crippen molar-refractivity contribution in [1.29, 1.82) is 0 Å². The lowest BCUT2D eigenvalue weighted by atomic mass is 9.83. The minimum atomic E-state index is -4.80. The Hall–Kier alpha value is -3.78. The first-order valence-corrected chi connectivity index (χ1v) is 14.2. The van der Waals surface area contributed by atoms with Crippen LogP contribution in [0, 0.1) is 5.92 Å². The van der Waals surface area contributed by atoms with Crippen LogP contribution in [0.15, 0.2) is 52.3 Å². The predicted octanol–water partition coefficient (Wildman–Crippen LogP) is 4.59. The second-order valence-electron chi connectivity index (χ2n) is 9.01. The van der Waals surface area contributed by atoms with E-state index in [1.54, 1.807) is 26.0 Å². The Morgan fingerprint density at radius 2 is 1.76 bits per heavy atom. The Kier molecular flexibility index (Phi) is 7.88. The second kappa shape index (κ2) is 11.2. The Bertz CT molecular complexity index is 1570. The number of carbonyl (C=O) groups excluding carboxylic acids is 3. The number of ether oxygens (including phenoxy) is 3. The molecule has 2 aliphatic rings. The van der Waals surface area contributed by atoms with Crippen molar-refractivity contribution in [2.45, 2.75) is 36.2 Å². The minimum absolute atomic E-state index is 0.181. The molecule has 41 heavy (non-hydrogen) atoms. The van der Waals surface area contributed by atoms with Crippen LogP contribution < -0.4 is 19.2 Å². The van der Waals surface area contributed by atoms with Crippen molar-refractivity contribution in [2.24, 2.45) is 5.92 Å². The van der Waals surface area contributed by atoms with Crippen LogP contribution in [0.1, 0.15) is 35.8 Å². The molecule has 5 rings (SSSR count). The molecule has 3 atom stereocenters. The van der Waals surface area contributed by atoms with Gasteiger partial charge in [0.15, 0.2) is 18.1 Å². The molecule has 0 spiro atoms. The average molecular weight is 609 g/mol. The number of thioether (sulfide) groups is 1. The van der Waals surface area contributed by atoms with Crippen LogP contribution in [0.25, 0.3) is 0 Å². The number of rotatable bonds is 8. The molecule has 9 nitrogen and oxygen atoms in total. The van der Waals surface area contributed by atoms with Crippen molar-refractivity contribution in [1.82, 2.24) is 4.98 Å². The van der Waals surface area contributed by atoms with Gasteiger partial charge in [-0.25, -0.2) is 9.69 Å². The SMILES string of the molecule is CCOC(=O)COc1ccc([C@@H]2c3sc(=O)[nH]c3S[C@H]3C(=O)N(c4ccccc4C(F)(F)F)C(=O)[C@@H]23)cc1OCC. The minimum Gasteiger partial charge on any atom is -0.490 e. The summed E-state index contributed by atoms with van der Waals surface area (Å²) in [6, 6.07) is 9.15. The first-order chi connectivity index (χ1) is 19.5. The number of halogens is 3. The summed E-state index contributed by atoms with van der Waals surface area (Å²) < 4.78 is 57.7. The Morgan fingerprint density at radius 1 is 1.00 bits per heavy atom. The van der Waals surface area contributed by atoms with E-state index >= 15 is 0 Å². The van der Waals surface area contributed by atoms with Crippen LogP contribution in [0.4, 0.5) is 18.9 Å². The van der Waals surface area contributed by atoms with E-state index in [1.165, 1.54) is 18.2 Å². The van der Waals surface area contributed by atoms with Crippen molar-refractivity contribution in [3.05, 3.63) is 68.1 Å². The van der Waals surface area contributed by atoms with E-state index in [4.69, 9.17) is 14.2 Å². The maximum Gasteiger partial charge on any atom is 0.418 e. The summed E-state index contributed by atoms with van der Waals surface area (Å²) in [6.07, 6.45) is -4.80. The van der Waals surface area contributed by atoms with Gasteiger partial charge in [-0.05, 0) is 43.7 Å². The third-order valence-corrected chi connectivity index (χ3v) is 8.95. The van der Waals surface area contributed by atoms with Crippen LogP contribution >= 0.6 is 23.1 Å². The zero-order chi connectivity index (χ0) is 29.5. The maximum absolute atomic E-state index is 13.9. The van der Waals surface area contributed by atoms with Crippen molar-refractivity contribution >= 4 is 46.6 Å². The number of nitrogens with zero attached hydrogens (tertiary/aromatic N) is 1. The van der Waals surface area contributed by atoms with E-state index in [1.807, 2.05) is 0 Å². The number of imide groups is 1. The molecule has 0 aliphatic carbocycles. The molecular weight excluding hydrogens is 585 g/mol. The molecule has 3 heterocycles. The average Bonchev–Trinajstić information content (AvgIpc) is 3.42. The third kappa shape index (κ3) is 5.33. The standard InChI is InChI=1S/C27H23F3N2O7S2/c1-3-37-17-11-13(9-10-16(17)39-12-18(33)38-4-2)19-20-22(40-23-21(19)41-26(36)31-23)25(35)32(24(20)34)15-8-6-5-7-14(15)27(28,29)30/h5-11,19-20,22H,3-4,12H2,1-2H3,(H,31,36)/t19-,20-,22+/m0/s1. The molecule has 0 bridgehead atoms. The smallest absolute Gasteiger partial charge is 0.418 e. The number of anilines is 1. The number of fused-ring (bicyclic) bond motifs is 2. The molecule has 0 unspecified atom stereocenters. The molecule has 1 N–H and O–H groups in total. The Balaban J connectivity index is 1.58. The van der Waals surface area contributed by atoms with Crippen LogP contribution in [0.5, 0.6) is 11.5 Å². The highest BCUT2D eigenvalue weighted by Crippen LogP contribution is 2.54. The van der Waals surface area contributed by atoms with Gasteiger partial charge in [0, 0.05) is 10.8 Å². The van der Waals surface area contributed by atoms with Gasteiger partial charge in [0.05, 0.1) is 35.4 Å². The van der Waals surface area contributed by atoms with Gasteiger partial charge in [0.25, 0.3) is 0 Å². The number of alkyl halides is 3. The monoisotopic (exact) mass is 608 g/mol. The number of hydrogen-bond donors (Lipinski definition) is 1. The lowest BCUT2D eigenvalue weighted by Crippen LogP contribution is -2.33. The lowest BCUT2D eigenvalue weighted by Gasteiger charge is -2.30. The summed E-state index contributed by atoms with van der Waals surface area (Å²) in [6.45, 7) is 3.44. The molecular formula is C27H23F3N2O7S2. The van der Waals surface area contributed by atoms with Gasteiger partial charge in [0.1, 0.15) is 5.25 Å². The molecule has 1 fully saturated rings. The van der Waals surface area contributed by atoms with Gasteiger partial charge in [-0.3, -0.25) is 14.4 Å². The fourth-order valence-electron chi connectivity index (χ4n) is 4.97. The zero-order valence-electron chi connectivity index (χ0n) is 21.7. The summed E-state index contributed by atoms with van der Waals surface area (Å²) >= 11 is 1.82. The second-order valence-corrected chi connectivity index (χ2v) is 11.2. The number of benzene rings is 2. The largest absolute Gasteiger partial charge is 0.490 e. The van der Waals surface area contributed by atoms with Gasteiger partial charge in [-0.1, -0.05) is 41.3 Å². The van der Waals surface area contributed by atoms with E-state index in [0.29, 0.717) is 20.4 Å². The predicted molar refractivity (Wildman–Crippen MR) is 144 cm³/mol. The first-order valence-electron chi connectivity index (χ1n) is 12.5. The molecule has 0 saturated carbocycles. The number of carbonyl (C=O) groups is 3. The lowest BCUT2D eigenvalue weighted by molar-refractivity contribution is -0.145. The molecule has 1 saturated heterocycles. The maximum atomic E-state index is 13.9. The summed E-state index contributed by atoms with van der Waals surface area (Å²) in [5.41, 5.74) is -1.17. The number of hydrogen-bond acceptors (Lipinski definition) is 9. The summed E-state index contributed by atoms with van der Waals surface area (Å²) in [7, 11) is 0. The Labute approximate surface area is 239 Å². The number of esters is 1. The van der Waals surface area contributed by atoms with E-state index in [9.17, 15) is 32.3 Å². The molecule has 3 aromatic rings. The Morgan fingerprint density at radius 3 is 2.46 bits per heavy atom. The van der Waals surface area contributed by atoms with Gasteiger partial charge >= 0.3 is 17.0 Å². The molecule has 14 heteroatoms. The van der Waals surface area contributed by atoms with E-state index in [-0.39, 0.29) is 31.3 Å². The summed E-state index contributed by atoms with van der Waals surface area (Å²) in [5, 5.41) is -0.708. The van der Waals surface area contributed by atoms with Gasteiger partial charge < -0.3 is 19.2 Å².